The Hall–Kier alpha value is -2.93. The van der Waals surface area contributed by atoms with Crippen molar-refractivity contribution in [2.24, 2.45) is 0 Å². The SMILES string of the molecule is CN1CCc2cc(C(CNC(=O)C(=O)Nc3ccccc3F)N3CCCCC3)ccc21. The summed E-state index contributed by atoms with van der Waals surface area (Å²) >= 11 is 0. The van der Waals surface area contributed by atoms with E-state index in [-0.39, 0.29) is 11.7 Å². The molecule has 1 unspecified atom stereocenters. The van der Waals surface area contributed by atoms with E-state index in [2.05, 4.69) is 45.7 Å². The average Bonchev–Trinajstić information content (AvgIpc) is 3.16. The van der Waals surface area contributed by atoms with E-state index in [1.165, 1.54) is 35.9 Å². The van der Waals surface area contributed by atoms with Gasteiger partial charge in [0.2, 0.25) is 0 Å². The monoisotopic (exact) mass is 424 g/mol. The number of halogens is 1. The number of likely N-dealkylation sites (N-methyl/N-ethyl adjacent to an activating group) is 1. The number of benzene rings is 2. The number of likely N-dealkylation sites (tertiary alicyclic amines) is 1. The van der Waals surface area contributed by atoms with Crippen molar-refractivity contribution in [3.05, 3.63) is 59.4 Å². The van der Waals surface area contributed by atoms with Gasteiger partial charge in [-0.25, -0.2) is 4.39 Å². The molecule has 0 aliphatic carbocycles. The molecular formula is C24H29FN4O2. The molecule has 7 heteroatoms. The highest BCUT2D eigenvalue weighted by Gasteiger charge is 2.26. The number of nitrogens with zero attached hydrogens (tertiary/aromatic N) is 2. The topological polar surface area (TPSA) is 64.7 Å². The predicted octanol–water partition coefficient (Wildman–Crippen LogP) is 3.10. The summed E-state index contributed by atoms with van der Waals surface area (Å²) < 4.78 is 13.8. The van der Waals surface area contributed by atoms with Gasteiger partial charge in [-0.05, 0) is 61.7 Å². The van der Waals surface area contributed by atoms with Crippen LogP contribution in [0.5, 0.6) is 0 Å². The van der Waals surface area contributed by atoms with Gasteiger partial charge >= 0.3 is 11.8 Å². The fourth-order valence-corrected chi connectivity index (χ4v) is 4.49. The number of hydrogen-bond donors (Lipinski definition) is 2. The lowest BCUT2D eigenvalue weighted by Crippen LogP contribution is -2.43. The molecule has 4 rings (SSSR count). The number of piperidine rings is 1. The van der Waals surface area contributed by atoms with Gasteiger partial charge < -0.3 is 15.5 Å². The van der Waals surface area contributed by atoms with Gasteiger partial charge in [0.1, 0.15) is 5.82 Å². The second kappa shape index (κ2) is 9.47. The van der Waals surface area contributed by atoms with E-state index < -0.39 is 17.6 Å². The molecule has 0 spiro atoms. The van der Waals surface area contributed by atoms with Crippen LogP contribution in [0.25, 0.3) is 0 Å². The molecule has 1 fully saturated rings. The van der Waals surface area contributed by atoms with E-state index in [1.54, 1.807) is 6.07 Å². The number of fused-ring (bicyclic) bond motifs is 1. The third-order valence-electron chi connectivity index (χ3n) is 6.23. The Balaban J connectivity index is 1.46. The number of rotatable bonds is 5. The Morgan fingerprint density at radius 1 is 1.03 bits per heavy atom. The molecule has 0 bridgehead atoms. The zero-order valence-corrected chi connectivity index (χ0v) is 17.9. The number of para-hydroxylation sites is 1. The average molecular weight is 425 g/mol. The fourth-order valence-electron chi connectivity index (χ4n) is 4.49. The van der Waals surface area contributed by atoms with Crippen LogP contribution in [-0.4, -0.2) is 49.9 Å². The first-order valence-corrected chi connectivity index (χ1v) is 10.9. The van der Waals surface area contributed by atoms with Gasteiger partial charge in [0.15, 0.2) is 0 Å². The minimum atomic E-state index is -0.863. The molecular weight excluding hydrogens is 395 g/mol. The van der Waals surface area contributed by atoms with Crippen molar-refractivity contribution in [2.45, 2.75) is 31.7 Å². The maximum Gasteiger partial charge on any atom is 0.313 e. The minimum Gasteiger partial charge on any atom is -0.374 e. The Morgan fingerprint density at radius 3 is 2.58 bits per heavy atom. The molecule has 2 amide bonds. The van der Waals surface area contributed by atoms with Gasteiger partial charge in [0, 0.05) is 25.8 Å². The van der Waals surface area contributed by atoms with E-state index in [4.69, 9.17) is 0 Å². The molecule has 6 nitrogen and oxygen atoms in total. The summed E-state index contributed by atoms with van der Waals surface area (Å²) in [5, 5.41) is 5.12. The van der Waals surface area contributed by atoms with Gasteiger partial charge in [-0.2, -0.15) is 0 Å². The molecule has 2 N–H and O–H groups in total. The summed E-state index contributed by atoms with van der Waals surface area (Å²) in [4.78, 5) is 29.3. The molecule has 31 heavy (non-hydrogen) atoms. The highest BCUT2D eigenvalue weighted by molar-refractivity contribution is 6.39. The van der Waals surface area contributed by atoms with Crippen molar-refractivity contribution >= 4 is 23.2 Å². The highest BCUT2D eigenvalue weighted by Crippen LogP contribution is 2.32. The van der Waals surface area contributed by atoms with Crippen LogP contribution in [0.1, 0.15) is 36.4 Å². The zero-order valence-electron chi connectivity index (χ0n) is 17.9. The lowest BCUT2D eigenvalue weighted by molar-refractivity contribution is -0.136. The Kier molecular flexibility index (Phi) is 6.51. The Morgan fingerprint density at radius 2 is 1.81 bits per heavy atom. The molecule has 1 saturated heterocycles. The molecule has 0 radical (unpaired) electrons. The van der Waals surface area contributed by atoms with E-state index in [0.717, 1.165) is 44.5 Å². The normalized spacial score (nSPS) is 17.2. The number of hydrogen-bond acceptors (Lipinski definition) is 4. The number of carbonyl (C=O) groups excluding carboxylic acids is 2. The van der Waals surface area contributed by atoms with Gasteiger partial charge in [-0.15, -0.1) is 0 Å². The van der Waals surface area contributed by atoms with Gasteiger partial charge in [-0.1, -0.05) is 30.7 Å². The first-order chi connectivity index (χ1) is 15.0. The van der Waals surface area contributed by atoms with Crippen LogP contribution in [0.3, 0.4) is 0 Å². The second-order valence-corrected chi connectivity index (χ2v) is 8.32. The quantitative estimate of drug-likeness (QED) is 0.724. The summed E-state index contributed by atoms with van der Waals surface area (Å²) in [7, 11) is 2.10. The molecule has 0 saturated carbocycles. The van der Waals surface area contributed by atoms with Crippen LogP contribution in [0.2, 0.25) is 0 Å². The molecule has 0 aromatic heterocycles. The van der Waals surface area contributed by atoms with Crippen molar-refractivity contribution in [3.8, 4) is 0 Å². The van der Waals surface area contributed by atoms with Crippen molar-refractivity contribution < 1.29 is 14.0 Å². The standard InChI is InChI=1S/C24H29FN4O2/c1-28-14-11-18-15-17(9-10-21(18)28)22(29-12-5-2-6-13-29)16-26-23(30)24(31)27-20-8-4-3-7-19(20)25/h3-4,7-10,15,22H,2,5-6,11-14,16H2,1H3,(H,26,30)(H,27,31). The molecule has 2 aromatic rings. The maximum absolute atomic E-state index is 13.8. The van der Waals surface area contributed by atoms with Crippen LogP contribution >= 0.6 is 0 Å². The van der Waals surface area contributed by atoms with E-state index in [1.807, 2.05) is 0 Å². The third-order valence-corrected chi connectivity index (χ3v) is 6.23. The Labute approximate surface area is 182 Å². The molecule has 164 valence electrons. The summed E-state index contributed by atoms with van der Waals surface area (Å²) in [5.74, 6) is -2.19. The van der Waals surface area contributed by atoms with Crippen molar-refractivity contribution in [1.29, 1.82) is 0 Å². The van der Waals surface area contributed by atoms with E-state index in [9.17, 15) is 14.0 Å². The van der Waals surface area contributed by atoms with Gasteiger partial charge in [-0.3, -0.25) is 14.5 Å². The molecule has 1 atom stereocenters. The van der Waals surface area contributed by atoms with Crippen molar-refractivity contribution in [3.63, 3.8) is 0 Å². The Bertz CT molecular complexity index is 958. The number of amides is 2. The van der Waals surface area contributed by atoms with E-state index in [0.29, 0.717) is 6.54 Å². The van der Waals surface area contributed by atoms with Crippen LogP contribution in [0.4, 0.5) is 15.8 Å². The minimum absolute atomic E-state index is 0.00159. The number of anilines is 2. The smallest absolute Gasteiger partial charge is 0.313 e. The van der Waals surface area contributed by atoms with Crippen molar-refractivity contribution in [1.82, 2.24) is 10.2 Å². The third kappa shape index (κ3) is 4.88. The summed E-state index contributed by atoms with van der Waals surface area (Å²) in [6.07, 6.45) is 4.50. The predicted molar refractivity (Wildman–Crippen MR) is 120 cm³/mol. The van der Waals surface area contributed by atoms with Crippen molar-refractivity contribution in [2.75, 3.05) is 43.4 Å². The van der Waals surface area contributed by atoms with Crippen LogP contribution in [-0.2, 0) is 16.0 Å². The zero-order chi connectivity index (χ0) is 21.8. The first-order valence-electron chi connectivity index (χ1n) is 10.9. The van der Waals surface area contributed by atoms with Crippen LogP contribution < -0.4 is 15.5 Å². The molecule has 2 aliphatic heterocycles. The highest BCUT2D eigenvalue weighted by atomic mass is 19.1. The maximum atomic E-state index is 13.8. The summed E-state index contributed by atoms with van der Waals surface area (Å²) in [6, 6.07) is 12.3. The van der Waals surface area contributed by atoms with E-state index >= 15 is 0 Å². The molecule has 2 aromatic carbocycles. The molecule has 2 heterocycles. The second-order valence-electron chi connectivity index (χ2n) is 8.32. The number of carbonyl (C=O) groups is 2. The lowest BCUT2D eigenvalue weighted by atomic mass is 9.98. The van der Waals surface area contributed by atoms with Gasteiger partial charge in [0.05, 0.1) is 11.7 Å². The largest absolute Gasteiger partial charge is 0.374 e. The first kappa shape index (κ1) is 21.3. The summed E-state index contributed by atoms with van der Waals surface area (Å²) in [5.41, 5.74) is 3.74. The number of nitrogens with one attached hydrogen (secondary N) is 2. The van der Waals surface area contributed by atoms with Gasteiger partial charge in [0.25, 0.3) is 0 Å². The van der Waals surface area contributed by atoms with Crippen LogP contribution in [0, 0.1) is 5.82 Å². The van der Waals surface area contributed by atoms with Crippen LogP contribution in [0.15, 0.2) is 42.5 Å². The fraction of sp³-hybridized carbons (Fsp3) is 0.417. The lowest BCUT2D eigenvalue weighted by Gasteiger charge is -2.35. The molecule has 2 aliphatic rings. The summed E-state index contributed by atoms with van der Waals surface area (Å²) in [6.45, 7) is 3.29.